The molecule has 1 unspecified atom stereocenters. The van der Waals surface area contributed by atoms with E-state index >= 15 is 8.78 Å². The molecule has 1 aromatic heterocycles. The lowest BCUT2D eigenvalue weighted by Crippen LogP contribution is -2.57. The van der Waals surface area contributed by atoms with Crippen molar-refractivity contribution < 1.29 is 31.1 Å². The van der Waals surface area contributed by atoms with Crippen molar-refractivity contribution in [3.8, 4) is 0 Å². The molecule has 0 saturated carbocycles. The minimum atomic E-state index is -5.32. The van der Waals surface area contributed by atoms with E-state index in [0.717, 1.165) is 38.1 Å². The van der Waals surface area contributed by atoms with Gasteiger partial charge in [-0.05, 0) is 32.9 Å². The first-order chi connectivity index (χ1) is 11.7. The van der Waals surface area contributed by atoms with Gasteiger partial charge in [-0.3, -0.25) is 0 Å². The molecule has 0 bridgehead atoms. The minimum absolute atomic E-state index is 0.279. The van der Waals surface area contributed by atoms with Crippen LogP contribution in [0.1, 0.15) is 26.3 Å². The Balaban J connectivity index is 2.76. The van der Waals surface area contributed by atoms with Gasteiger partial charge in [0.15, 0.2) is 5.60 Å². The number of hydrogen-bond acceptors (Lipinski definition) is 5. The Kier molecular flexibility index (Phi) is 4.92. The zero-order valence-electron chi connectivity index (χ0n) is 14.1. The van der Waals surface area contributed by atoms with Gasteiger partial charge >= 0.3 is 5.25 Å². The Morgan fingerprint density at radius 1 is 1.19 bits per heavy atom. The molecular weight excluding hydrogens is 378 g/mol. The van der Waals surface area contributed by atoms with E-state index in [0.29, 0.717) is 12.1 Å². The molecule has 26 heavy (non-hydrogen) atoms. The maximum absolute atomic E-state index is 15.1. The van der Waals surface area contributed by atoms with E-state index in [2.05, 4.69) is 10.1 Å². The normalized spacial score (nSPS) is 15.7. The van der Waals surface area contributed by atoms with Gasteiger partial charge in [0.25, 0.3) is 0 Å². The Morgan fingerprint density at radius 2 is 1.81 bits per heavy atom. The zero-order chi connectivity index (χ0) is 20.0. The van der Waals surface area contributed by atoms with Gasteiger partial charge in [-0.25, -0.2) is 26.9 Å². The van der Waals surface area contributed by atoms with Crippen molar-refractivity contribution in [2.75, 3.05) is 0 Å². The van der Waals surface area contributed by atoms with Crippen LogP contribution in [0, 0.1) is 11.6 Å². The molecular formula is C15H17F4N3O3S. The molecule has 0 fully saturated rings. The van der Waals surface area contributed by atoms with Crippen LogP contribution in [0.25, 0.3) is 0 Å². The fourth-order valence-corrected chi connectivity index (χ4v) is 3.70. The molecule has 0 radical (unpaired) electrons. The number of alkyl halides is 2. The molecule has 0 saturated heterocycles. The van der Waals surface area contributed by atoms with Gasteiger partial charge in [-0.2, -0.15) is 13.9 Å². The summed E-state index contributed by atoms with van der Waals surface area (Å²) in [6.07, 6.45) is 1.92. The third kappa shape index (κ3) is 3.09. The monoisotopic (exact) mass is 395 g/mol. The summed E-state index contributed by atoms with van der Waals surface area (Å²) in [5, 5.41) is 9.49. The number of nitrogens with zero attached hydrogens (tertiary/aromatic N) is 3. The van der Waals surface area contributed by atoms with Gasteiger partial charge in [0.2, 0.25) is 9.84 Å². The second kappa shape index (κ2) is 6.31. The average Bonchev–Trinajstić information content (AvgIpc) is 2.98. The second-order valence-corrected chi connectivity index (χ2v) is 9.45. The molecule has 1 heterocycles. The molecule has 1 aromatic carbocycles. The first-order valence-electron chi connectivity index (χ1n) is 7.36. The Bertz CT molecular complexity index is 895. The first kappa shape index (κ1) is 20.3. The van der Waals surface area contributed by atoms with Crippen molar-refractivity contribution in [2.24, 2.45) is 0 Å². The second-order valence-electron chi connectivity index (χ2n) is 6.71. The molecule has 1 N–H and O–H groups in total. The predicted molar refractivity (Wildman–Crippen MR) is 83.9 cm³/mol. The fraction of sp³-hybridized carbons (Fsp3) is 0.467. The van der Waals surface area contributed by atoms with E-state index in [1.165, 1.54) is 0 Å². The van der Waals surface area contributed by atoms with Gasteiger partial charge in [-0.1, -0.05) is 0 Å². The van der Waals surface area contributed by atoms with Crippen LogP contribution in [0.4, 0.5) is 17.6 Å². The lowest BCUT2D eigenvalue weighted by atomic mass is 9.93. The van der Waals surface area contributed by atoms with E-state index in [-0.39, 0.29) is 6.07 Å². The summed E-state index contributed by atoms with van der Waals surface area (Å²) in [5.41, 5.74) is -4.64. The molecule has 0 aliphatic rings. The van der Waals surface area contributed by atoms with Crippen LogP contribution in [0.15, 0.2) is 30.9 Å². The van der Waals surface area contributed by atoms with Gasteiger partial charge in [0.05, 0.1) is 11.3 Å². The van der Waals surface area contributed by atoms with Crippen molar-refractivity contribution >= 4 is 9.84 Å². The van der Waals surface area contributed by atoms with E-state index in [1.54, 1.807) is 0 Å². The maximum atomic E-state index is 15.1. The number of hydrogen-bond donors (Lipinski definition) is 1. The minimum Gasteiger partial charge on any atom is -0.376 e. The largest absolute Gasteiger partial charge is 0.379 e. The van der Waals surface area contributed by atoms with Crippen molar-refractivity contribution in [2.45, 2.75) is 42.9 Å². The highest BCUT2D eigenvalue weighted by Crippen LogP contribution is 2.47. The molecule has 2 aromatic rings. The third-order valence-electron chi connectivity index (χ3n) is 3.86. The molecule has 0 spiro atoms. The first-order valence-corrected chi connectivity index (χ1v) is 8.84. The Hall–Kier alpha value is -2.01. The fourth-order valence-electron chi connectivity index (χ4n) is 2.31. The summed E-state index contributed by atoms with van der Waals surface area (Å²) in [7, 11) is -5.32. The van der Waals surface area contributed by atoms with Crippen LogP contribution in [-0.2, 0) is 22.0 Å². The number of aromatic nitrogens is 3. The van der Waals surface area contributed by atoms with Crippen LogP contribution in [0.3, 0.4) is 0 Å². The Morgan fingerprint density at radius 3 is 2.27 bits per heavy atom. The summed E-state index contributed by atoms with van der Waals surface area (Å²) in [4.78, 5) is 3.52. The lowest BCUT2D eigenvalue weighted by molar-refractivity contribution is -0.146. The highest BCUT2D eigenvalue weighted by molar-refractivity contribution is 7.93. The topological polar surface area (TPSA) is 85.1 Å². The number of sulfone groups is 1. The van der Waals surface area contributed by atoms with Crippen molar-refractivity contribution in [1.82, 2.24) is 14.8 Å². The van der Waals surface area contributed by atoms with Gasteiger partial charge < -0.3 is 5.11 Å². The van der Waals surface area contributed by atoms with Crippen molar-refractivity contribution in [3.05, 3.63) is 48.1 Å². The summed E-state index contributed by atoms with van der Waals surface area (Å²) in [6.45, 7) is 1.94. The van der Waals surface area contributed by atoms with Crippen LogP contribution in [0.5, 0.6) is 0 Å². The number of rotatable bonds is 5. The van der Waals surface area contributed by atoms with Crippen LogP contribution in [-0.4, -0.2) is 38.3 Å². The van der Waals surface area contributed by atoms with Crippen molar-refractivity contribution in [1.29, 1.82) is 0 Å². The lowest BCUT2D eigenvalue weighted by Gasteiger charge is -2.38. The van der Waals surface area contributed by atoms with Crippen LogP contribution >= 0.6 is 0 Å². The highest BCUT2D eigenvalue weighted by Gasteiger charge is 2.66. The van der Waals surface area contributed by atoms with Gasteiger partial charge in [-0.15, -0.1) is 0 Å². The Labute approximate surface area is 147 Å². The summed E-state index contributed by atoms with van der Waals surface area (Å²) >= 11 is 0. The molecule has 6 nitrogen and oxygen atoms in total. The maximum Gasteiger partial charge on any atom is 0.379 e. The van der Waals surface area contributed by atoms with Crippen molar-refractivity contribution in [3.63, 3.8) is 0 Å². The summed E-state index contributed by atoms with van der Waals surface area (Å²) in [5.74, 6) is -2.59. The number of halogens is 4. The summed E-state index contributed by atoms with van der Waals surface area (Å²) in [6, 6.07) is 1.50. The smallest absolute Gasteiger partial charge is 0.376 e. The van der Waals surface area contributed by atoms with E-state index in [4.69, 9.17) is 0 Å². The van der Waals surface area contributed by atoms with Crippen LogP contribution in [0.2, 0.25) is 0 Å². The zero-order valence-corrected chi connectivity index (χ0v) is 14.9. The van der Waals surface area contributed by atoms with E-state index in [1.807, 2.05) is 0 Å². The molecule has 0 aliphatic carbocycles. The van der Waals surface area contributed by atoms with E-state index < -0.39 is 49.2 Å². The molecule has 1 atom stereocenters. The molecule has 0 aliphatic heterocycles. The third-order valence-corrected chi connectivity index (χ3v) is 6.48. The molecule has 11 heteroatoms. The molecule has 0 amide bonds. The number of benzene rings is 1. The SMILES string of the molecule is CC(C)(C)S(=O)(=O)C(F)(F)C(O)(Cn1cncn1)c1ccc(F)cc1F. The molecule has 144 valence electrons. The van der Waals surface area contributed by atoms with E-state index in [9.17, 15) is 22.3 Å². The highest BCUT2D eigenvalue weighted by atomic mass is 32.2. The predicted octanol–water partition coefficient (Wildman–Crippen LogP) is 2.25. The summed E-state index contributed by atoms with van der Waals surface area (Å²) < 4.78 is 81.3. The average molecular weight is 395 g/mol. The van der Waals surface area contributed by atoms with Crippen LogP contribution < -0.4 is 0 Å². The van der Waals surface area contributed by atoms with Gasteiger partial charge in [0, 0.05) is 11.6 Å². The molecule has 2 rings (SSSR count). The quantitative estimate of drug-likeness (QED) is 0.785. The number of aliphatic hydroxyl groups is 1. The standard InChI is InChI=1S/C15H17F4N3O3S/c1-13(2,3)26(24,25)15(18,19)14(23,7-22-9-20-8-21-22)11-5-4-10(16)6-12(11)17/h4-6,8-9,23H,7H2,1-3H3. The van der Waals surface area contributed by atoms with Gasteiger partial charge in [0.1, 0.15) is 24.3 Å².